The van der Waals surface area contributed by atoms with E-state index in [4.69, 9.17) is 9.31 Å². The Balaban J connectivity index is 1.58. The van der Waals surface area contributed by atoms with Crippen LogP contribution in [0.5, 0.6) is 0 Å². The molecular formula is C22H32BN5O3. The van der Waals surface area contributed by atoms with E-state index in [1.54, 1.807) is 13.2 Å². The van der Waals surface area contributed by atoms with Gasteiger partial charge in [-0.05, 0) is 52.9 Å². The minimum absolute atomic E-state index is 0.155. The average Bonchev–Trinajstić information content (AvgIpc) is 2.93. The fraction of sp³-hybridized carbons (Fsp3) is 0.545. The second-order valence-corrected chi connectivity index (χ2v) is 9.46. The Bertz CT molecular complexity index is 981. The smallest absolute Gasteiger partial charge is 0.399 e. The number of anilines is 3. The van der Waals surface area contributed by atoms with E-state index in [9.17, 15) is 4.79 Å². The number of likely N-dealkylation sites (N-methyl/N-ethyl adjacent to an activating group) is 1. The van der Waals surface area contributed by atoms with Gasteiger partial charge in [0.05, 0.1) is 28.5 Å². The van der Waals surface area contributed by atoms with Gasteiger partial charge in [0.2, 0.25) is 0 Å². The summed E-state index contributed by atoms with van der Waals surface area (Å²) in [6.07, 6.45) is 3.61. The summed E-state index contributed by atoms with van der Waals surface area (Å²) in [7, 11) is 3.12. The van der Waals surface area contributed by atoms with Gasteiger partial charge >= 0.3 is 7.12 Å². The molecule has 2 aliphatic rings. The Morgan fingerprint density at radius 1 is 1.00 bits per heavy atom. The van der Waals surface area contributed by atoms with E-state index in [2.05, 4.69) is 33.2 Å². The quantitative estimate of drug-likeness (QED) is 0.746. The molecule has 2 aliphatic heterocycles. The van der Waals surface area contributed by atoms with Gasteiger partial charge in [0.1, 0.15) is 5.82 Å². The minimum Gasteiger partial charge on any atom is -0.399 e. The molecule has 2 fully saturated rings. The molecule has 4 heterocycles. The number of hydrogen-bond donors (Lipinski definition) is 1. The predicted molar refractivity (Wildman–Crippen MR) is 125 cm³/mol. The zero-order valence-corrected chi connectivity index (χ0v) is 19.3. The molecule has 4 rings (SSSR count). The molecule has 0 amide bonds. The standard InChI is InChI=1S/C22H32BN5O3/c1-21(2)22(3,4)31-23(30-21)19-17(9-10-27(6)20(19)29)25-18-8-7-16(15-24-18)28-13-11-26(5)12-14-28/h7-10,15H,11-14H2,1-6H3,(H,24,25). The van der Waals surface area contributed by atoms with E-state index in [1.807, 2.05) is 46.0 Å². The topological polar surface area (TPSA) is 71.9 Å². The van der Waals surface area contributed by atoms with E-state index >= 15 is 0 Å². The van der Waals surface area contributed by atoms with Gasteiger partial charge in [0, 0.05) is 45.1 Å². The summed E-state index contributed by atoms with van der Waals surface area (Å²) in [5.74, 6) is 0.670. The highest BCUT2D eigenvalue weighted by Gasteiger charge is 2.53. The molecule has 1 N–H and O–H groups in total. The van der Waals surface area contributed by atoms with Crippen LogP contribution in [-0.2, 0) is 16.4 Å². The first kappa shape index (κ1) is 21.9. The van der Waals surface area contributed by atoms with Crippen molar-refractivity contribution in [3.63, 3.8) is 0 Å². The van der Waals surface area contributed by atoms with E-state index in [1.165, 1.54) is 4.57 Å². The molecule has 31 heavy (non-hydrogen) atoms. The zero-order chi connectivity index (χ0) is 22.4. The average molecular weight is 425 g/mol. The lowest BCUT2D eigenvalue weighted by Gasteiger charge is -2.33. The summed E-state index contributed by atoms with van der Waals surface area (Å²) in [5, 5.41) is 3.30. The highest BCUT2D eigenvalue weighted by Crippen LogP contribution is 2.36. The Morgan fingerprint density at radius 3 is 2.23 bits per heavy atom. The largest absolute Gasteiger partial charge is 0.502 e. The number of nitrogens with zero attached hydrogens (tertiary/aromatic N) is 4. The van der Waals surface area contributed by atoms with Gasteiger partial charge in [-0.3, -0.25) is 4.79 Å². The Morgan fingerprint density at radius 2 is 1.65 bits per heavy atom. The van der Waals surface area contributed by atoms with Crippen LogP contribution >= 0.6 is 0 Å². The van der Waals surface area contributed by atoms with Crippen molar-refractivity contribution in [3.05, 3.63) is 40.9 Å². The van der Waals surface area contributed by atoms with Crippen LogP contribution in [0.2, 0.25) is 0 Å². The van der Waals surface area contributed by atoms with Crippen molar-refractivity contribution in [1.82, 2.24) is 14.5 Å². The second-order valence-electron chi connectivity index (χ2n) is 9.46. The Kier molecular flexibility index (Phi) is 5.62. The molecule has 0 atom stereocenters. The second kappa shape index (κ2) is 7.96. The van der Waals surface area contributed by atoms with E-state index in [0.717, 1.165) is 31.9 Å². The molecule has 2 aromatic heterocycles. The molecule has 0 unspecified atom stereocenters. The highest BCUT2D eigenvalue weighted by molar-refractivity contribution is 6.63. The fourth-order valence-corrected chi connectivity index (χ4v) is 3.80. The lowest BCUT2D eigenvalue weighted by atomic mass is 9.78. The number of pyridine rings is 2. The van der Waals surface area contributed by atoms with Crippen LogP contribution in [0.4, 0.5) is 17.2 Å². The SMILES string of the molecule is CN1CCN(c2ccc(Nc3ccn(C)c(=O)c3B3OC(C)(C)C(C)(C)O3)nc2)CC1. The van der Waals surface area contributed by atoms with Crippen molar-refractivity contribution >= 4 is 29.8 Å². The summed E-state index contributed by atoms with van der Waals surface area (Å²) >= 11 is 0. The van der Waals surface area contributed by atoms with Crippen molar-refractivity contribution in [2.24, 2.45) is 7.05 Å². The number of aromatic nitrogens is 2. The van der Waals surface area contributed by atoms with Crippen LogP contribution in [0.15, 0.2) is 35.4 Å². The highest BCUT2D eigenvalue weighted by atomic mass is 16.7. The first-order valence-corrected chi connectivity index (χ1v) is 10.8. The first-order chi connectivity index (χ1) is 14.6. The van der Waals surface area contributed by atoms with Gasteiger partial charge in [-0.2, -0.15) is 0 Å². The summed E-state index contributed by atoms with van der Waals surface area (Å²) < 4.78 is 13.9. The molecule has 0 aliphatic carbocycles. The van der Waals surface area contributed by atoms with Crippen molar-refractivity contribution in [1.29, 1.82) is 0 Å². The van der Waals surface area contributed by atoms with Crippen LogP contribution in [0.25, 0.3) is 0 Å². The molecule has 2 aromatic rings. The van der Waals surface area contributed by atoms with Crippen LogP contribution in [-0.4, -0.2) is 66.0 Å². The Labute approximate surface area is 184 Å². The third kappa shape index (κ3) is 4.22. The molecule has 0 radical (unpaired) electrons. The van der Waals surface area contributed by atoms with Crippen LogP contribution in [0.3, 0.4) is 0 Å². The van der Waals surface area contributed by atoms with Crippen LogP contribution in [0, 0.1) is 0 Å². The Hall–Kier alpha value is -2.36. The number of hydrogen-bond acceptors (Lipinski definition) is 7. The molecule has 0 spiro atoms. The third-order valence-electron chi connectivity index (χ3n) is 6.67. The van der Waals surface area contributed by atoms with Crippen molar-refractivity contribution in [3.8, 4) is 0 Å². The molecule has 0 aromatic carbocycles. The summed E-state index contributed by atoms with van der Waals surface area (Å²) in [4.78, 5) is 22.3. The molecule has 2 saturated heterocycles. The van der Waals surface area contributed by atoms with Gasteiger partial charge in [0.25, 0.3) is 5.56 Å². The molecular weight excluding hydrogens is 393 g/mol. The van der Waals surface area contributed by atoms with Gasteiger partial charge in [-0.1, -0.05) is 0 Å². The van der Waals surface area contributed by atoms with E-state index in [-0.39, 0.29) is 5.56 Å². The van der Waals surface area contributed by atoms with Gasteiger partial charge < -0.3 is 29.0 Å². The lowest BCUT2D eigenvalue weighted by molar-refractivity contribution is 0.00578. The fourth-order valence-electron chi connectivity index (χ4n) is 3.80. The van der Waals surface area contributed by atoms with E-state index < -0.39 is 18.3 Å². The number of aryl methyl sites for hydroxylation is 1. The third-order valence-corrected chi connectivity index (χ3v) is 6.67. The monoisotopic (exact) mass is 425 g/mol. The maximum absolute atomic E-state index is 13.0. The molecule has 166 valence electrons. The zero-order valence-electron chi connectivity index (χ0n) is 19.3. The summed E-state index contributed by atoms with van der Waals surface area (Å²) in [6.45, 7) is 12.0. The number of rotatable bonds is 4. The maximum atomic E-state index is 13.0. The predicted octanol–water partition coefficient (Wildman–Crippen LogP) is 1.57. The van der Waals surface area contributed by atoms with Gasteiger partial charge in [-0.25, -0.2) is 4.98 Å². The molecule has 0 bridgehead atoms. The summed E-state index contributed by atoms with van der Waals surface area (Å²) in [5.41, 5.74) is 0.984. The molecule has 9 heteroatoms. The van der Waals surface area contributed by atoms with Crippen LogP contribution in [0.1, 0.15) is 27.7 Å². The van der Waals surface area contributed by atoms with E-state index in [0.29, 0.717) is 17.0 Å². The lowest BCUT2D eigenvalue weighted by Crippen LogP contribution is -2.48. The van der Waals surface area contributed by atoms with Crippen LogP contribution < -0.4 is 21.2 Å². The molecule has 8 nitrogen and oxygen atoms in total. The maximum Gasteiger partial charge on any atom is 0.502 e. The van der Waals surface area contributed by atoms with Crippen molar-refractivity contribution < 1.29 is 9.31 Å². The van der Waals surface area contributed by atoms with Gasteiger partial charge in [-0.15, -0.1) is 0 Å². The minimum atomic E-state index is -0.753. The van der Waals surface area contributed by atoms with Crippen molar-refractivity contribution in [2.45, 2.75) is 38.9 Å². The molecule has 0 saturated carbocycles. The normalized spacial score (nSPS) is 20.8. The first-order valence-electron chi connectivity index (χ1n) is 10.8. The van der Waals surface area contributed by atoms with Gasteiger partial charge in [0.15, 0.2) is 0 Å². The number of nitrogens with one attached hydrogen (secondary N) is 1. The van der Waals surface area contributed by atoms with Crippen molar-refractivity contribution in [2.75, 3.05) is 43.4 Å². The summed E-state index contributed by atoms with van der Waals surface area (Å²) in [6, 6.07) is 5.87. The number of piperazine rings is 1.